The molecule has 5 heteroatoms. The molecule has 1 aromatic heterocycles. The lowest BCUT2D eigenvalue weighted by atomic mass is 10.1. The molecule has 1 aliphatic heterocycles. The first kappa shape index (κ1) is 13.7. The van der Waals surface area contributed by atoms with Crippen LogP contribution in [0.3, 0.4) is 0 Å². The first-order valence-electron chi connectivity index (χ1n) is 7.36. The van der Waals surface area contributed by atoms with Gasteiger partial charge < -0.3 is 9.64 Å². The fraction of sp³-hybridized carbons (Fsp3) is 0.375. The molecular formula is C16H19N3O2. The van der Waals surface area contributed by atoms with Gasteiger partial charge in [0.05, 0.1) is 12.3 Å². The Kier molecular flexibility index (Phi) is 3.90. The number of carbonyl (C=O) groups excluding carboxylic acids is 1. The fourth-order valence-corrected chi connectivity index (χ4v) is 2.56. The summed E-state index contributed by atoms with van der Waals surface area (Å²) in [5, 5.41) is 7.09. The normalized spacial score (nSPS) is 14.4. The van der Waals surface area contributed by atoms with Gasteiger partial charge in [0, 0.05) is 18.7 Å². The molecule has 1 saturated heterocycles. The fourth-order valence-electron chi connectivity index (χ4n) is 2.56. The average molecular weight is 285 g/mol. The van der Waals surface area contributed by atoms with Crippen molar-refractivity contribution in [2.24, 2.45) is 0 Å². The lowest BCUT2D eigenvalue weighted by Gasteiger charge is -2.12. The minimum absolute atomic E-state index is 0.0391. The van der Waals surface area contributed by atoms with E-state index in [4.69, 9.17) is 4.74 Å². The van der Waals surface area contributed by atoms with Crippen LogP contribution in [0.5, 0.6) is 5.75 Å². The number of ether oxygens (including phenoxy) is 1. The Hall–Kier alpha value is -2.30. The molecule has 1 aliphatic rings. The van der Waals surface area contributed by atoms with Gasteiger partial charge in [0.1, 0.15) is 11.4 Å². The van der Waals surface area contributed by atoms with Crippen molar-refractivity contribution >= 4 is 5.91 Å². The van der Waals surface area contributed by atoms with Gasteiger partial charge in [-0.15, -0.1) is 0 Å². The van der Waals surface area contributed by atoms with Crippen molar-refractivity contribution in [3.8, 4) is 17.0 Å². The Morgan fingerprint density at radius 3 is 2.67 bits per heavy atom. The van der Waals surface area contributed by atoms with E-state index >= 15 is 0 Å². The molecule has 1 aromatic carbocycles. The number of amides is 1. The van der Waals surface area contributed by atoms with E-state index in [0.717, 1.165) is 42.9 Å². The summed E-state index contributed by atoms with van der Waals surface area (Å²) in [6.45, 7) is 4.29. The minimum atomic E-state index is 0.0391. The molecule has 5 nitrogen and oxygen atoms in total. The molecule has 0 bridgehead atoms. The van der Waals surface area contributed by atoms with E-state index in [2.05, 4.69) is 10.2 Å². The van der Waals surface area contributed by atoms with E-state index in [-0.39, 0.29) is 5.91 Å². The predicted molar refractivity (Wildman–Crippen MR) is 80.3 cm³/mol. The summed E-state index contributed by atoms with van der Waals surface area (Å²) >= 11 is 0. The number of benzene rings is 1. The van der Waals surface area contributed by atoms with Crippen molar-refractivity contribution in [3.05, 3.63) is 36.0 Å². The maximum atomic E-state index is 12.3. The molecule has 1 N–H and O–H groups in total. The van der Waals surface area contributed by atoms with Crippen LogP contribution in [-0.2, 0) is 0 Å². The molecule has 3 rings (SSSR count). The van der Waals surface area contributed by atoms with Crippen LogP contribution in [0.4, 0.5) is 0 Å². The van der Waals surface area contributed by atoms with Crippen LogP contribution in [0.1, 0.15) is 30.3 Å². The van der Waals surface area contributed by atoms with Crippen molar-refractivity contribution in [3.63, 3.8) is 0 Å². The van der Waals surface area contributed by atoms with E-state index in [1.165, 1.54) is 0 Å². The van der Waals surface area contributed by atoms with Gasteiger partial charge in [-0.05, 0) is 50.1 Å². The van der Waals surface area contributed by atoms with Gasteiger partial charge in [-0.25, -0.2) is 0 Å². The largest absolute Gasteiger partial charge is 0.494 e. The first-order valence-corrected chi connectivity index (χ1v) is 7.36. The summed E-state index contributed by atoms with van der Waals surface area (Å²) in [5.74, 6) is 0.877. The van der Waals surface area contributed by atoms with E-state index in [9.17, 15) is 4.79 Å². The molecule has 0 radical (unpaired) electrons. The third-order valence-electron chi connectivity index (χ3n) is 3.66. The number of hydrogen-bond donors (Lipinski definition) is 1. The predicted octanol–water partition coefficient (Wildman–Crippen LogP) is 2.71. The molecular weight excluding hydrogens is 266 g/mol. The van der Waals surface area contributed by atoms with Crippen LogP contribution in [-0.4, -0.2) is 40.7 Å². The number of carbonyl (C=O) groups is 1. The number of nitrogens with one attached hydrogen (secondary N) is 1. The molecule has 110 valence electrons. The molecule has 1 amide bonds. The van der Waals surface area contributed by atoms with Crippen molar-refractivity contribution in [2.75, 3.05) is 19.7 Å². The van der Waals surface area contributed by atoms with Crippen LogP contribution in [0.15, 0.2) is 30.3 Å². The molecule has 0 unspecified atom stereocenters. The second-order valence-corrected chi connectivity index (χ2v) is 5.12. The van der Waals surface area contributed by atoms with E-state index in [1.54, 1.807) is 0 Å². The maximum Gasteiger partial charge on any atom is 0.271 e. The van der Waals surface area contributed by atoms with Crippen LogP contribution in [0, 0.1) is 0 Å². The lowest BCUT2D eigenvalue weighted by molar-refractivity contribution is 0.0787. The maximum absolute atomic E-state index is 12.3. The quantitative estimate of drug-likeness (QED) is 0.939. The second kappa shape index (κ2) is 5.99. The van der Waals surface area contributed by atoms with E-state index in [0.29, 0.717) is 12.3 Å². The Bertz CT molecular complexity index is 613. The summed E-state index contributed by atoms with van der Waals surface area (Å²) in [6.07, 6.45) is 2.18. The summed E-state index contributed by atoms with van der Waals surface area (Å²) < 4.78 is 5.42. The molecule has 0 aliphatic carbocycles. The van der Waals surface area contributed by atoms with E-state index < -0.39 is 0 Å². The van der Waals surface area contributed by atoms with Crippen LogP contribution in [0.2, 0.25) is 0 Å². The number of H-pyrrole nitrogens is 1. The highest BCUT2D eigenvalue weighted by atomic mass is 16.5. The van der Waals surface area contributed by atoms with Crippen LogP contribution >= 0.6 is 0 Å². The third kappa shape index (κ3) is 2.91. The summed E-state index contributed by atoms with van der Waals surface area (Å²) in [5.41, 5.74) is 2.30. The third-order valence-corrected chi connectivity index (χ3v) is 3.66. The zero-order valence-corrected chi connectivity index (χ0v) is 12.1. The summed E-state index contributed by atoms with van der Waals surface area (Å²) in [7, 11) is 0. The van der Waals surface area contributed by atoms with Crippen molar-refractivity contribution < 1.29 is 9.53 Å². The van der Waals surface area contributed by atoms with Crippen LogP contribution in [0.25, 0.3) is 11.3 Å². The van der Waals surface area contributed by atoms with Gasteiger partial charge in [-0.1, -0.05) is 0 Å². The number of nitrogens with zero attached hydrogens (tertiary/aromatic N) is 2. The van der Waals surface area contributed by atoms with Gasteiger partial charge in [-0.3, -0.25) is 9.89 Å². The van der Waals surface area contributed by atoms with E-state index in [1.807, 2.05) is 42.2 Å². The molecule has 21 heavy (non-hydrogen) atoms. The van der Waals surface area contributed by atoms with Gasteiger partial charge >= 0.3 is 0 Å². The second-order valence-electron chi connectivity index (χ2n) is 5.12. The number of aromatic amines is 1. The molecule has 0 spiro atoms. The van der Waals surface area contributed by atoms with Gasteiger partial charge in [0.2, 0.25) is 0 Å². The Morgan fingerprint density at radius 2 is 2.00 bits per heavy atom. The zero-order chi connectivity index (χ0) is 14.7. The molecule has 1 fully saturated rings. The highest BCUT2D eigenvalue weighted by Crippen LogP contribution is 2.22. The first-order chi connectivity index (χ1) is 10.3. The molecule has 0 atom stereocenters. The number of likely N-dealkylation sites (tertiary alicyclic amines) is 1. The highest BCUT2D eigenvalue weighted by molar-refractivity contribution is 5.93. The zero-order valence-electron chi connectivity index (χ0n) is 12.1. The molecule has 2 heterocycles. The van der Waals surface area contributed by atoms with Crippen molar-refractivity contribution in [2.45, 2.75) is 19.8 Å². The summed E-state index contributed by atoms with van der Waals surface area (Å²) in [6, 6.07) is 9.54. The molecule has 0 saturated carbocycles. The van der Waals surface area contributed by atoms with Gasteiger partial charge in [-0.2, -0.15) is 5.10 Å². The van der Waals surface area contributed by atoms with Crippen LogP contribution < -0.4 is 4.74 Å². The standard InChI is InChI=1S/C16H19N3O2/c1-2-21-13-7-5-12(6-8-13)14-11-15(18-17-14)16(20)19-9-3-4-10-19/h5-8,11H,2-4,9-10H2,1H3,(H,17,18). The van der Waals surface area contributed by atoms with Crippen molar-refractivity contribution in [1.29, 1.82) is 0 Å². The average Bonchev–Trinajstić information content (AvgIpc) is 3.19. The Morgan fingerprint density at radius 1 is 1.29 bits per heavy atom. The molecule has 2 aromatic rings. The van der Waals surface area contributed by atoms with Crippen molar-refractivity contribution in [1.82, 2.24) is 15.1 Å². The number of hydrogen-bond acceptors (Lipinski definition) is 3. The minimum Gasteiger partial charge on any atom is -0.494 e. The summed E-state index contributed by atoms with van der Waals surface area (Å²) in [4.78, 5) is 14.1. The highest BCUT2D eigenvalue weighted by Gasteiger charge is 2.21. The number of rotatable bonds is 4. The smallest absolute Gasteiger partial charge is 0.271 e. The monoisotopic (exact) mass is 285 g/mol. The Labute approximate surface area is 123 Å². The number of aromatic nitrogens is 2. The topological polar surface area (TPSA) is 58.2 Å². The van der Waals surface area contributed by atoms with Gasteiger partial charge in [0.15, 0.2) is 0 Å². The lowest BCUT2D eigenvalue weighted by Crippen LogP contribution is -2.27. The SMILES string of the molecule is CCOc1ccc(-c2cc(C(=O)N3CCCC3)[nH]n2)cc1. The Balaban J connectivity index is 1.76. The van der Waals surface area contributed by atoms with Gasteiger partial charge in [0.25, 0.3) is 5.91 Å².